The van der Waals surface area contributed by atoms with Crippen LogP contribution >= 0.6 is 22.9 Å². The third-order valence-corrected chi connectivity index (χ3v) is 4.88. The highest BCUT2D eigenvalue weighted by molar-refractivity contribution is 7.18. The monoisotopic (exact) mass is 307 g/mol. The molecular formula is C14H14ClN3OS. The number of amides is 1. The number of hydrogen-bond donors (Lipinski definition) is 0. The van der Waals surface area contributed by atoms with E-state index in [9.17, 15) is 4.79 Å². The molecule has 0 unspecified atom stereocenters. The van der Waals surface area contributed by atoms with Gasteiger partial charge in [0.15, 0.2) is 0 Å². The predicted molar refractivity (Wildman–Crippen MR) is 81.1 cm³/mol. The molecule has 1 fully saturated rings. The topological polar surface area (TPSA) is 46.1 Å². The normalized spacial score (nSPS) is 14.9. The van der Waals surface area contributed by atoms with Gasteiger partial charge in [0, 0.05) is 23.6 Å². The molecule has 0 aliphatic heterocycles. The second kappa shape index (κ2) is 5.50. The summed E-state index contributed by atoms with van der Waals surface area (Å²) in [4.78, 5) is 13.8. The van der Waals surface area contributed by atoms with Gasteiger partial charge in [0.25, 0.3) is 0 Å². The van der Waals surface area contributed by atoms with Crippen molar-refractivity contribution in [3.8, 4) is 10.6 Å². The van der Waals surface area contributed by atoms with Gasteiger partial charge in [-0.3, -0.25) is 9.69 Å². The van der Waals surface area contributed by atoms with Crippen LogP contribution in [0.25, 0.3) is 10.6 Å². The number of benzene rings is 1. The minimum atomic E-state index is 0.148. The van der Waals surface area contributed by atoms with Crippen LogP contribution in [0.3, 0.4) is 0 Å². The maximum absolute atomic E-state index is 12.2. The van der Waals surface area contributed by atoms with Crippen LogP contribution in [0.1, 0.15) is 19.3 Å². The van der Waals surface area contributed by atoms with E-state index in [-0.39, 0.29) is 11.8 Å². The fraction of sp³-hybridized carbons (Fsp3) is 0.357. The number of rotatable bonds is 3. The first kappa shape index (κ1) is 13.5. The standard InChI is InChI=1S/C14H14ClN3OS/c1-18(13(19)10-3-2-4-10)14-17-16-12(20-14)9-5-7-11(15)8-6-9/h5-8,10H,2-4H2,1H3. The van der Waals surface area contributed by atoms with Crippen molar-refractivity contribution in [2.24, 2.45) is 5.92 Å². The van der Waals surface area contributed by atoms with Crippen molar-refractivity contribution in [3.63, 3.8) is 0 Å². The molecule has 0 bridgehead atoms. The Bertz CT molecular complexity index is 622. The SMILES string of the molecule is CN(C(=O)C1CCC1)c1nnc(-c2ccc(Cl)cc2)s1. The third-order valence-electron chi connectivity index (χ3n) is 3.58. The molecule has 0 radical (unpaired) electrons. The van der Waals surface area contributed by atoms with E-state index in [0.717, 1.165) is 29.8 Å². The molecular weight excluding hydrogens is 294 g/mol. The first-order chi connectivity index (χ1) is 9.65. The molecule has 1 heterocycles. The van der Waals surface area contributed by atoms with E-state index < -0.39 is 0 Å². The Hall–Kier alpha value is -1.46. The lowest BCUT2D eigenvalue weighted by Gasteiger charge is -2.27. The van der Waals surface area contributed by atoms with Crippen LogP contribution in [0.15, 0.2) is 24.3 Å². The Morgan fingerprint density at radius 2 is 2.00 bits per heavy atom. The number of hydrogen-bond acceptors (Lipinski definition) is 4. The molecule has 20 heavy (non-hydrogen) atoms. The molecule has 3 rings (SSSR count). The molecule has 0 N–H and O–H groups in total. The van der Waals surface area contributed by atoms with E-state index in [2.05, 4.69) is 10.2 Å². The summed E-state index contributed by atoms with van der Waals surface area (Å²) >= 11 is 7.29. The van der Waals surface area contributed by atoms with Crippen LogP contribution < -0.4 is 4.90 Å². The highest BCUT2D eigenvalue weighted by atomic mass is 35.5. The van der Waals surface area contributed by atoms with E-state index >= 15 is 0 Å². The van der Waals surface area contributed by atoms with Gasteiger partial charge >= 0.3 is 0 Å². The van der Waals surface area contributed by atoms with Crippen molar-refractivity contribution in [3.05, 3.63) is 29.3 Å². The molecule has 4 nitrogen and oxygen atoms in total. The number of anilines is 1. The largest absolute Gasteiger partial charge is 0.290 e. The molecule has 1 aliphatic rings. The second-order valence-electron chi connectivity index (χ2n) is 4.92. The Balaban J connectivity index is 1.79. The molecule has 1 aliphatic carbocycles. The molecule has 104 valence electrons. The van der Waals surface area contributed by atoms with Crippen molar-refractivity contribution in [1.82, 2.24) is 10.2 Å². The number of aromatic nitrogens is 2. The second-order valence-corrected chi connectivity index (χ2v) is 6.31. The lowest BCUT2D eigenvalue weighted by molar-refractivity contribution is -0.124. The van der Waals surface area contributed by atoms with Crippen LogP contribution in [0.2, 0.25) is 5.02 Å². The minimum absolute atomic E-state index is 0.148. The van der Waals surface area contributed by atoms with Gasteiger partial charge in [0.05, 0.1) is 0 Å². The van der Waals surface area contributed by atoms with Crippen LogP contribution in [0.5, 0.6) is 0 Å². The van der Waals surface area contributed by atoms with Crippen LogP contribution in [0, 0.1) is 5.92 Å². The molecule has 2 aromatic rings. The van der Waals surface area contributed by atoms with E-state index in [1.54, 1.807) is 11.9 Å². The van der Waals surface area contributed by atoms with Gasteiger partial charge in [-0.2, -0.15) is 0 Å². The van der Waals surface area contributed by atoms with E-state index in [1.165, 1.54) is 11.3 Å². The van der Waals surface area contributed by atoms with Crippen molar-refractivity contribution < 1.29 is 4.79 Å². The first-order valence-corrected chi connectivity index (χ1v) is 7.71. The fourth-order valence-electron chi connectivity index (χ4n) is 2.08. The van der Waals surface area contributed by atoms with Gasteiger partial charge in [-0.25, -0.2) is 0 Å². The number of carbonyl (C=O) groups is 1. The summed E-state index contributed by atoms with van der Waals surface area (Å²) in [6.07, 6.45) is 3.13. The zero-order valence-corrected chi connectivity index (χ0v) is 12.6. The zero-order chi connectivity index (χ0) is 14.1. The van der Waals surface area contributed by atoms with Crippen molar-refractivity contribution in [2.75, 3.05) is 11.9 Å². The quantitative estimate of drug-likeness (QED) is 0.870. The smallest absolute Gasteiger partial charge is 0.231 e. The highest BCUT2D eigenvalue weighted by Crippen LogP contribution is 2.33. The molecule has 0 saturated heterocycles. The Morgan fingerprint density at radius 3 is 2.60 bits per heavy atom. The maximum Gasteiger partial charge on any atom is 0.231 e. The highest BCUT2D eigenvalue weighted by Gasteiger charge is 2.29. The molecule has 0 atom stereocenters. The fourth-order valence-corrected chi connectivity index (χ4v) is 3.03. The lowest BCUT2D eigenvalue weighted by Crippen LogP contribution is -2.36. The third kappa shape index (κ3) is 2.55. The van der Waals surface area contributed by atoms with E-state index in [0.29, 0.717) is 10.2 Å². The van der Waals surface area contributed by atoms with Gasteiger partial charge in [-0.15, -0.1) is 10.2 Å². The van der Waals surface area contributed by atoms with Crippen LogP contribution in [0.4, 0.5) is 5.13 Å². The average molecular weight is 308 g/mol. The van der Waals surface area contributed by atoms with Gasteiger partial charge in [0.1, 0.15) is 5.01 Å². The predicted octanol–water partition coefficient (Wildman–Crippen LogP) is 3.62. The van der Waals surface area contributed by atoms with Crippen molar-refractivity contribution in [1.29, 1.82) is 0 Å². The number of carbonyl (C=O) groups excluding carboxylic acids is 1. The minimum Gasteiger partial charge on any atom is -0.290 e. The first-order valence-electron chi connectivity index (χ1n) is 6.52. The molecule has 1 aromatic heterocycles. The zero-order valence-electron chi connectivity index (χ0n) is 11.0. The molecule has 6 heteroatoms. The van der Waals surface area contributed by atoms with Crippen LogP contribution in [-0.2, 0) is 4.79 Å². The van der Waals surface area contributed by atoms with Gasteiger partial charge in [0.2, 0.25) is 11.0 Å². The average Bonchev–Trinajstić information content (AvgIpc) is 2.86. The van der Waals surface area contributed by atoms with E-state index in [4.69, 9.17) is 11.6 Å². The Kier molecular flexibility index (Phi) is 3.72. The summed E-state index contributed by atoms with van der Waals surface area (Å²) in [6.45, 7) is 0. The van der Waals surface area contributed by atoms with Crippen molar-refractivity contribution >= 4 is 34.0 Å². The maximum atomic E-state index is 12.2. The summed E-state index contributed by atoms with van der Waals surface area (Å²) in [5.41, 5.74) is 0.961. The number of nitrogens with zero attached hydrogens (tertiary/aromatic N) is 3. The number of halogens is 1. The molecule has 1 saturated carbocycles. The van der Waals surface area contributed by atoms with E-state index in [1.807, 2.05) is 24.3 Å². The van der Waals surface area contributed by atoms with Gasteiger partial charge < -0.3 is 0 Å². The summed E-state index contributed by atoms with van der Waals surface area (Å²) in [5, 5.41) is 10.4. The summed E-state index contributed by atoms with van der Waals surface area (Å²) < 4.78 is 0. The molecule has 1 amide bonds. The molecule has 0 spiro atoms. The Morgan fingerprint density at radius 1 is 1.30 bits per heavy atom. The van der Waals surface area contributed by atoms with Crippen LogP contribution in [-0.4, -0.2) is 23.2 Å². The lowest BCUT2D eigenvalue weighted by atomic mass is 9.84. The molecule has 1 aromatic carbocycles. The summed E-state index contributed by atoms with van der Waals surface area (Å²) in [5.74, 6) is 0.318. The van der Waals surface area contributed by atoms with Gasteiger partial charge in [-0.05, 0) is 25.0 Å². The summed E-state index contributed by atoms with van der Waals surface area (Å²) in [7, 11) is 1.77. The van der Waals surface area contributed by atoms with Gasteiger partial charge in [-0.1, -0.05) is 41.5 Å². The summed E-state index contributed by atoms with van der Waals surface area (Å²) in [6, 6.07) is 7.45. The Labute approximate surface area is 126 Å². The van der Waals surface area contributed by atoms with Crippen molar-refractivity contribution in [2.45, 2.75) is 19.3 Å².